The standard InChI is InChI=1S/C10H10NO3/c11-8(6-9(12)13)10(14)7-4-2-1-3-5-7/h2-5,8H,6,11H2,(H,12,13)/t8-/m0/s1. The second-order valence-electron chi connectivity index (χ2n) is 2.86. The molecule has 73 valence electrons. The van der Waals surface area contributed by atoms with Crippen LogP contribution in [-0.4, -0.2) is 22.9 Å². The van der Waals surface area contributed by atoms with Gasteiger partial charge in [0.05, 0.1) is 12.5 Å². The molecule has 0 amide bonds. The number of carboxylic acid groups (broad SMARTS) is 1. The largest absolute Gasteiger partial charge is 0.481 e. The Morgan fingerprint density at radius 2 is 2.00 bits per heavy atom. The van der Waals surface area contributed by atoms with E-state index in [-0.39, 0.29) is 12.2 Å². The van der Waals surface area contributed by atoms with Gasteiger partial charge in [0.25, 0.3) is 0 Å². The van der Waals surface area contributed by atoms with Crippen molar-refractivity contribution in [2.75, 3.05) is 0 Å². The number of ketones is 1. The summed E-state index contributed by atoms with van der Waals surface area (Å²) in [6.07, 6.45) is -0.350. The van der Waals surface area contributed by atoms with Crippen molar-refractivity contribution in [1.82, 2.24) is 0 Å². The van der Waals surface area contributed by atoms with Gasteiger partial charge in [0.2, 0.25) is 0 Å². The lowest BCUT2D eigenvalue weighted by atomic mass is 10.0. The van der Waals surface area contributed by atoms with Crippen LogP contribution in [0, 0.1) is 6.07 Å². The molecular formula is C10H10NO3. The molecule has 0 spiro atoms. The molecule has 0 saturated carbocycles. The van der Waals surface area contributed by atoms with Gasteiger partial charge in [0.15, 0.2) is 5.78 Å². The van der Waals surface area contributed by atoms with Gasteiger partial charge in [-0.05, 0) is 6.07 Å². The van der Waals surface area contributed by atoms with Crippen molar-refractivity contribution in [2.24, 2.45) is 5.73 Å². The van der Waals surface area contributed by atoms with E-state index < -0.39 is 12.0 Å². The topological polar surface area (TPSA) is 80.4 Å². The van der Waals surface area contributed by atoms with E-state index in [2.05, 4.69) is 6.07 Å². The van der Waals surface area contributed by atoms with Crippen LogP contribution in [0.5, 0.6) is 0 Å². The molecule has 3 N–H and O–H groups in total. The lowest BCUT2D eigenvalue weighted by Gasteiger charge is -2.06. The van der Waals surface area contributed by atoms with Crippen LogP contribution in [0.4, 0.5) is 0 Å². The van der Waals surface area contributed by atoms with Gasteiger partial charge in [-0.1, -0.05) is 24.3 Å². The molecule has 1 aromatic rings. The molecule has 14 heavy (non-hydrogen) atoms. The van der Waals surface area contributed by atoms with Crippen LogP contribution in [0.2, 0.25) is 0 Å². The van der Waals surface area contributed by atoms with E-state index in [1.54, 1.807) is 24.3 Å². The first-order valence-corrected chi connectivity index (χ1v) is 4.09. The van der Waals surface area contributed by atoms with Crippen LogP contribution in [-0.2, 0) is 4.79 Å². The zero-order chi connectivity index (χ0) is 10.6. The summed E-state index contributed by atoms with van der Waals surface area (Å²) >= 11 is 0. The Morgan fingerprint density at radius 1 is 1.43 bits per heavy atom. The van der Waals surface area contributed by atoms with Crippen LogP contribution < -0.4 is 5.73 Å². The third-order valence-corrected chi connectivity index (χ3v) is 1.73. The highest BCUT2D eigenvalue weighted by Gasteiger charge is 2.17. The van der Waals surface area contributed by atoms with Gasteiger partial charge >= 0.3 is 5.97 Å². The van der Waals surface area contributed by atoms with Crippen LogP contribution in [0.1, 0.15) is 16.8 Å². The zero-order valence-electron chi connectivity index (χ0n) is 7.43. The van der Waals surface area contributed by atoms with Gasteiger partial charge in [-0.2, -0.15) is 0 Å². The number of hydrogen-bond donors (Lipinski definition) is 2. The predicted molar refractivity (Wildman–Crippen MR) is 49.8 cm³/mol. The molecule has 0 aliphatic carbocycles. The van der Waals surface area contributed by atoms with Gasteiger partial charge in [-0.25, -0.2) is 0 Å². The molecule has 0 aliphatic rings. The highest BCUT2D eigenvalue weighted by Crippen LogP contribution is 2.03. The maximum Gasteiger partial charge on any atom is 0.305 e. The highest BCUT2D eigenvalue weighted by atomic mass is 16.4. The minimum Gasteiger partial charge on any atom is -0.481 e. The molecule has 0 aliphatic heterocycles. The summed E-state index contributed by atoms with van der Waals surface area (Å²) in [5.41, 5.74) is 5.82. The minimum atomic E-state index is -1.08. The van der Waals surface area contributed by atoms with Crippen molar-refractivity contribution in [3.63, 3.8) is 0 Å². The molecule has 4 heteroatoms. The number of carboxylic acids is 1. The Hall–Kier alpha value is -1.68. The third-order valence-electron chi connectivity index (χ3n) is 1.73. The Morgan fingerprint density at radius 3 is 2.50 bits per heavy atom. The summed E-state index contributed by atoms with van der Waals surface area (Å²) in [6, 6.07) is 8.07. The fourth-order valence-corrected chi connectivity index (χ4v) is 1.05. The summed E-state index contributed by atoms with van der Waals surface area (Å²) in [4.78, 5) is 21.8. The van der Waals surface area contributed by atoms with Crippen LogP contribution in [0.3, 0.4) is 0 Å². The smallest absolute Gasteiger partial charge is 0.305 e. The molecule has 0 bridgehead atoms. The highest BCUT2D eigenvalue weighted by molar-refractivity contribution is 6.01. The first-order valence-electron chi connectivity index (χ1n) is 4.09. The molecule has 0 heterocycles. The number of carbonyl (C=O) groups excluding carboxylic acids is 1. The summed E-state index contributed by atoms with van der Waals surface area (Å²) in [7, 11) is 0. The van der Waals surface area contributed by atoms with Crippen molar-refractivity contribution < 1.29 is 14.7 Å². The first-order chi connectivity index (χ1) is 6.61. The average molecular weight is 192 g/mol. The van der Waals surface area contributed by atoms with E-state index in [0.717, 1.165) is 0 Å². The van der Waals surface area contributed by atoms with Crippen LogP contribution in [0.15, 0.2) is 24.3 Å². The van der Waals surface area contributed by atoms with E-state index in [9.17, 15) is 9.59 Å². The van der Waals surface area contributed by atoms with E-state index in [0.29, 0.717) is 5.56 Å². The number of aliphatic carboxylic acids is 1. The quantitative estimate of drug-likeness (QED) is 0.679. The molecule has 1 aromatic carbocycles. The second kappa shape index (κ2) is 4.53. The molecule has 4 nitrogen and oxygen atoms in total. The maximum atomic E-state index is 11.5. The van der Waals surface area contributed by atoms with Crippen LogP contribution >= 0.6 is 0 Å². The first kappa shape index (κ1) is 10.4. The van der Waals surface area contributed by atoms with E-state index >= 15 is 0 Å². The zero-order valence-corrected chi connectivity index (χ0v) is 7.43. The molecule has 1 rings (SSSR count). The second-order valence-corrected chi connectivity index (χ2v) is 2.86. The van der Waals surface area contributed by atoms with E-state index in [4.69, 9.17) is 10.8 Å². The SMILES string of the molecule is N[C@@H](CC(=O)O)C(=O)c1cc[c]cc1. The molecule has 1 atom stereocenters. The Bertz CT molecular complexity index is 334. The van der Waals surface area contributed by atoms with E-state index in [1.807, 2.05) is 0 Å². The Balaban J connectivity index is 2.71. The maximum absolute atomic E-state index is 11.5. The summed E-state index contributed by atoms with van der Waals surface area (Å²) in [5, 5.41) is 8.44. The van der Waals surface area contributed by atoms with Gasteiger partial charge in [0, 0.05) is 5.56 Å². The van der Waals surface area contributed by atoms with Gasteiger partial charge in [-0.3, -0.25) is 9.59 Å². The number of rotatable bonds is 4. The lowest BCUT2D eigenvalue weighted by molar-refractivity contribution is -0.137. The van der Waals surface area contributed by atoms with Crippen molar-refractivity contribution >= 4 is 11.8 Å². The molecular weight excluding hydrogens is 182 g/mol. The number of carbonyl (C=O) groups is 2. The normalized spacial score (nSPS) is 12.1. The fourth-order valence-electron chi connectivity index (χ4n) is 1.05. The predicted octanol–water partition coefficient (Wildman–Crippen LogP) is 0.471. The fraction of sp³-hybridized carbons (Fsp3) is 0.200. The lowest BCUT2D eigenvalue weighted by Crippen LogP contribution is -2.32. The number of hydrogen-bond acceptors (Lipinski definition) is 3. The van der Waals surface area contributed by atoms with Gasteiger partial charge in [-0.15, -0.1) is 0 Å². The number of benzene rings is 1. The summed E-state index contributed by atoms with van der Waals surface area (Å²) in [6.45, 7) is 0. The minimum absolute atomic E-state index is 0.350. The molecule has 0 fully saturated rings. The molecule has 0 saturated heterocycles. The number of nitrogens with two attached hydrogens (primary N) is 1. The Labute approximate surface area is 81.3 Å². The molecule has 0 unspecified atom stereocenters. The molecule has 1 radical (unpaired) electrons. The summed E-state index contributed by atoms with van der Waals surface area (Å²) < 4.78 is 0. The van der Waals surface area contributed by atoms with E-state index in [1.165, 1.54) is 0 Å². The average Bonchev–Trinajstić information content (AvgIpc) is 2.17. The van der Waals surface area contributed by atoms with Crippen molar-refractivity contribution in [2.45, 2.75) is 12.5 Å². The Kier molecular flexibility index (Phi) is 3.36. The third kappa shape index (κ3) is 2.67. The van der Waals surface area contributed by atoms with Crippen molar-refractivity contribution in [3.8, 4) is 0 Å². The van der Waals surface area contributed by atoms with Crippen molar-refractivity contribution in [1.29, 1.82) is 0 Å². The monoisotopic (exact) mass is 192 g/mol. The van der Waals surface area contributed by atoms with Crippen molar-refractivity contribution in [3.05, 3.63) is 35.9 Å². The van der Waals surface area contributed by atoms with Crippen LogP contribution in [0.25, 0.3) is 0 Å². The van der Waals surface area contributed by atoms with Gasteiger partial charge in [0.1, 0.15) is 0 Å². The van der Waals surface area contributed by atoms with Gasteiger partial charge < -0.3 is 10.8 Å². The number of Topliss-reactive ketones (excluding diaryl/α,β-unsaturated/α-hetero) is 1. The summed E-state index contributed by atoms with van der Waals surface area (Å²) in [5.74, 6) is -1.44. The molecule has 0 aromatic heterocycles.